The normalized spacial score (nSPS) is 13.8. The standard InChI is InChI=1S/C50H50N6O4/c1-59-49(57)41-33-39-37-21-9-11-23-43(37)55(47(39)45(51-41)35-17-5-3-6-18-35)27-15-13-25-53-29-31-54(32-30-53)26-14-16-28-56-44-24-12-10-22-38(44)40-34-42(50(58)60-2)52-46(48(40)56)36-19-7-4-8-20-36/h3-12,17-24,33-34H,13-16,25-32H2,1-2H3. The van der Waals surface area contributed by atoms with Crippen molar-refractivity contribution in [3.63, 3.8) is 0 Å². The fourth-order valence-corrected chi connectivity index (χ4v) is 9.07. The van der Waals surface area contributed by atoms with E-state index in [2.05, 4.69) is 91.7 Å². The van der Waals surface area contributed by atoms with Gasteiger partial charge in [0.1, 0.15) is 11.4 Å². The second kappa shape index (κ2) is 17.5. The van der Waals surface area contributed by atoms with Crippen LogP contribution in [0.3, 0.4) is 0 Å². The van der Waals surface area contributed by atoms with Crippen molar-refractivity contribution in [2.75, 3.05) is 53.5 Å². The molecular formula is C50H50N6O4. The molecular weight excluding hydrogens is 749 g/mol. The molecule has 1 aliphatic rings. The molecule has 1 aliphatic heterocycles. The first-order valence-corrected chi connectivity index (χ1v) is 21.1. The summed E-state index contributed by atoms with van der Waals surface area (Å²) in [5.41, 5.74) is 8.63. The van der Waals surface area contributed by atoms with Crippen LogP contribution in [0.1, 0.15) is 46.7 Å². The van der Waals surface area contributed by atoms with Crippen LogP contribution in [-0.4, -0.2) is 94.3 Å². The number of unbranched alkanes of at least 4 members (excludes halogenated alkanes) is 2. The van der Waals surface area contributed by atoms with Crippen molar-refractivity contribution < 1.29 is 19.1 Å². The molecule has 304 valence electrons. The second-order valence-corrected chi connectivity index (χ2v) is 15.7. The first-order chi connectivity index (χ1) is 29.5. The second-order valence-electron chi connectivity index (χ2n) is 15.7. The zero-order valence-corrected chi connectivity index (χ0v) is 34.3. The summed E-state index contributed by atoms with van der Waals surface area (Å²) in [7, 11) is 2.81. The first kappa shape index (κ1) is 39.1. The van der Waals surface area contributed by atoms with Crippen molar-refractivity contribution in [3.05, 3.63) is 133 Å². The van der Waals surface area contributed by atoms with Gasteiger partial charge in [-0.1, -0.05) is 97.1 Å². The maximum atomic E-state index is 12.7. The average Bonchev–Trinajstić information content (AvgIpc) is 3.81. The van der Waals surface area contributed by atoms with E-state index in [9.17, 15) is 9.59 Å². The Morgan fingerprint density at radius 2 is 0.850 bits per heavy atom. The largest absolute Gasteiger partial charge is 0.464 e. The molecule has 0 atom stereocenters. The number of methoxy groups -OCH3 is 2. The molecule has 0 unspecified atom stereocenters. The van der Waals surface area contributed by atoms with E-state index < -0.39 is 11.9 Å². The molecule has 5 heterocycles. The van der Waals surface area contributed by atoms with Gasteiger partial charge in [0.2, 0.25) is 0 Å². The Morgan fingerprint density at radius 1 is 0.483 bits per heavy atom. The molecule has 0 aliphatic carbocycles. The van der Waals surface area contributed by atoms with Crippen LogP contribution in [0.25, 0.3) is 66.1 Å². The van der Waals surface area contributed by atoms with Gasteiger partial charge in [0.15, 0.2) is 0 Å². The minimum atomic E-state index is -0.432. The summed E-state index contributed by atoms with van der Waals surface area (Å²) in [6, 6.07) is 40.9. The number of pyridine rings is 2. The van der Waals surface area contributed by atoms with Crippen LogP contribution in [0, 0.1) is 0 Å². The van der Waals surface area contributed by atoms with E-state index >= 15 is 0 Å². The molecule has 1 saturated heterocycles. The third-order valence-electron chi connectivity index (χ3n) is 12.1. The van der Waals surface area contributed by atoms with Gasteiger partial charge in [-0.2, -0.15) is 0 Å². The molecule has 0 bridgehead atoms. The highest BCUT2D eigenvalue weighted by Crippen LogP contribution is 2.38. The van der Waals surface area contributed by atoms with Crippen LogP contribution >= 0.6 is 0 Å². The van der Waals surface area contributed by atoms with Crippen LogP contribution in [0.5, 0.6) is 0 Å². The van der Waals surface area contributed by atoms with Gasteiger partial charge < -0.3 is 28.4 Å². The lowest BCUT2D eigenvalue weighted by Crippen LogP contribution is -2.46. The Morgan fingerprint density at radius 3 is 1.25 bits per heavy atom. The number of nitrogens with zero attached hydrogens (tertiary/aromatic N) is 6. The van der Waals surface area contributed by atoms with E-state index in [1.807, 2.05) is 48.5 Å². The number of piperazine rings is 1. The van der Waals surface area contributed by atoms with Gasteiger partial charge in [-0.25, -0.2) is 19.6 Å². The topological polar surface area (TPSA) is 94.7 Å². The van der Waals surface area contributed by atoms with Gasteiger partial charge in [0.25, 0.3) is 0 Å². The number of ether oxygens (including phenoxy) is 2. The van der Waals surface area contributed by atoms with E-state index in [0.717, 1.165) is 144 Å². The minimum absolute atomic E-state index is 0.320. The lowest BCUT2D eigenvalue weighted by molar-refractivity contribution is 0.0585. The van der Waals surface area contributed by atoms with E-state index in [-0.39, 0.29) is 0 Å². The number of hydrogen-bond acceptors (Lipinski definition) is 8. The fourth-order valence-electron chi connectivity index (χ4n) is 9.07. The highest BCUT2D eigenvalue weighted by atomic mass is 16.5. The average molecular weight is 799 g/mol. The Kier molecular flexibility index (Phi) is 11.4. The SMILES string of the molecule is COC(=O)c1cc2c3ccccc3n(CCCCN3CCN(CCCCn4c5ccccc5c5cc(C(=O)OC)nc(-c6ccccc6)c54)CC3)c2c(-c2ccccc2)n1. The van der Waals surface area contributed by atoms with Crippen LogP contribution in [-0.2, 0) is 22.6 Å². The molecule has 60 heavy (non-hydrogen) atoms. The zero-order valence-electron chi connectivity index (χ0n) is 34.3. The Bertz CT molecular complexity index is 2610. The Labute approximate surface area is 350 Å². The molecule has 8 aromatic rings. The monoisotopic (exact) mass is 798 g/mol. The lowest BCUT2D eigenvalue weighted by Gasteiger charge is -2.34. The minimum Gasteiger partial charge on any atom is -0.464 e. The number of rotatable bonds is 14. The number of aryl methyl sites for hydroxylation is 2. The maximum absolute atomic E-state index is 12.7. The van der Waals surface area contributed by atoms with E-state index in [1.165, 1.54) is 14.2 Å². The van der Waals surface area contributed by atoms with Crippen LogP contribution in [0.4, 0.5) is 0 Å². The van der Waals surface area contributed by atoms with Crippen molar-refractivity contribution in [2.45, 2.75) is 38.8 Å². The number of aromatic nitrogens is 4. The third kappa shape index (κ3) is 7.64. The van der Waals surface area contributed by atoms with Crippen molar-refractivity contribution in [1.82, 2.24) is 28.9 Å². The molecule has 0 N–H and O–H groups in total. The summed E-state index contributed by atoms with van der Waals surface area (Å²) in [5, 5.41) is 4.28. The number of carbonyl (C=O) groups is 2. The van der Waals surface area contributed by atoms with Gasteiger partial charge in [-0.15, -0.1) is 0 Å². The summed E-state index contributed by atoms with van der Waals surface area (Å²) in [6.45, 7) is 8.19. The number of esters is 2. The van der Waals surface area contributed by atoms with E-state index in [1.54, 1.807) is 0 Å². The summed E-state index contributed by atoms with van der Waals surface area (Å²) < 4.78 is 15.0. The quantitative estimate of drug-likeness (QED) is 0.0794. The van der Waals surface area contributed by atoms with Crippen LogP contribution in [0.15, 0.2) is 121 Å². The van der Waals surface area contributed by atoms with Gasteiger partial charge in [-0.3, -0.25) is 0 Å². The molecule has 4 aromatic carbocycles. The van der Waals surface area contributed by atoms with Crippen molar-refractivity contribution in [1.29, 1.82) is 0 Å². The molecule has 0 spiro atoms. The fraction of sp³-hybridized carbons (Fsp3) is 0.280. The summed E-state index contributed by atoms with van der Waals surface area (Å²) in [6.07, 6.45) is 4.27. The predicted molar refractivity (Wildman–Crippen MR) is 239 cm³/mol. The third-order valence-corrected chi connectivity index (χ3v) is 12.1. The number of benzene rings is 4. The zero-order chi connectivity index (χ0) is 41.0. The van der Waals surface area contributed by atoms with Crippen molar-refractivity contribution >= 4 is 55.6 Å². The smallest absolute Gasteiger partial charge is 0.356 e. The molecule has 10 nitrogen and oxygen atoms in total. The number of hydrogen-bond donors (Lipinski definition) is 0. The molecule has 4 aromatic heterocycles. The number of fused-ring (bicyclic) bond motifs is 6. The van der Waals surface area contributed by atoms with E-state index in [0.29, 0.717) is 11.4 Å². The maximum Gasteiger partial charge on any atom is 0.356 e. The summed E-state index contributed by atoms with van der Waals surface area (Å²) in [4.78, 5) is 40.4. The highest BCUT2D eigenvalue weighted by Gasteiger charge is 2.23. The Balaban J connectivity index is 0.826. The first-order valence-electron chi connectivity index (χ1n) is 21.1. The molecule has 10 heteroatoms. The predicted octanol–water partition coefficient (Wildman–Crippen LogP) is 9.48. The molecule has 0 saturated carbocycles. The lowest BCUT2D eigenvalue weighted by atomic mass is 10.1. The summed E-state index contributed by atoms with van der Waals surface area (Å²) >= 11 is 0. The highest BCUT2D eigenvalue weighted by molar-refractivity contribution is 6.14. The number of carbonyl (C=O) groups excluding carboxylic acids is 2. The molecule has 9 rings (SSSR count). The number of para-hydroxylation sites is 2. The van der Waals surface area contributed by atoms with Crippen LogP contribution in [0.2, 0.25) is 0 Å². The molecule has 0 radical (unpaired) electrons. The Hall–Kier alpha value is -6.36. The van der Waals surface area contributed by atoms with Gasteiger partial charge in [0, 0.05) is 83.0 Å². The van der Waals surface area contributed by atoms with Crippen LogP contribution < -0.4 is 0 Å². The molecule has 1 fully saturated rings. The van der Waals surface area contributed by atoms with E-state index in [4.69, 9.17) is 19.4 Å². The summed E-state index contributed by atoms with van der Waals surface area (Å²) in [5.74, 6) is -0.864. The van der Waals surface area contributed by atoms with Gasteiger partial charge in [0.05, 0.1) is 36.6 Å². The van der Waals surface area contributed by atoms with Gasteiger partial charge >= 0.3 is 11.9 Å². The van der Waals surface area contributed by atoms with Gasteiger partial charge in [-0.05, 0) is 63.0 Å². The van der Waals surface area contributed by atoms with Crippen molar-refractivity contribution in [3.8, 4) is 22.5 Å². The molecule has 0 amide bonds. The van der Waals surface area contributed by atoms with Crippen molar-refractivity contribution in [2.24, 2.45) is 0 Å².